The van der Waals surface area contributed by atoms with Crippen LogP contribution in [0, 0.1) is 0 Å². The molecular formula is C78H72O26. The molecule has 0 radical (unpaired) electrons. The number of aliphatic hydroxyl groups is 3. The zero-order chi connectivity index (χ0) is 73.9. The summed E-state index contributed by atoms with van der Waals surface area (Å²) in [4.78, 5) is 140. The molecule has 1 saturated heterocycles. The van der Waals surface area contributed by atoms with Crippen LogP contribution in [-0.4, -0.2) is 175 Å². The SMILES string of the molecule is CC(=O)OC1C(O)OC(COC(O)C(OC(=O)c2ccccc2)C(OC(=O)c2ccccc2)C(CCOC(=O)c2ccccc2)OC(=O)c2ccccc2)C(OC(C)=O)C1OC(O)C(OC(=O)c1ccccc1)C(OC(=O)c1ccccc1)C(CCOC(=O)c1ccccc1)OC(=O)c1ccccc1. The van der Waals surface area contributed by atoms with Gasteiger partial charge in [0.25, 0.3) is 0 Å². The summed E-state index contributed by atoms with van der Waals surface area (Å²) in [5.74, 6) is -10.8. The molecule has 0 amide bonds. The lowest BCUT2D eigenvalue weighted by molar-refractivity contribution is -0.333. The summed E-state index contributed by atoms with van der Waals surface area (Å²) in [5, 5.41) is 37.6. The Morgan fingerprint density at radius 3 is 0.894 bits per heavy atom. The van der Waals surface area contributed by atoms with Gasteiger partial charge in [-0.15, -0.1) is 0 Å². The first-order valence-corrected chi connectivity index (χ1v) is 32.6. The number of aliphatic hydroxyl groups excluding tert-OH is 3. The Kier molecular flexibility index (Phi) is 28.1. The van der Waals surface area contributed by atoms with Gasteiger partial charge in [0.2, 0.25) is 0 Å². The third-order valence-corrected chi connectivity index (χ3v) is 15.7. The Balaban J connectivity index is 1.11. The molecule has 0 bridgehead atoms. The quantitative estimate of drug-likeness (QED) is 0.0197. The van der Waals surface area contributed by atoms with Crippen molar-refractivity contribution in [3.8, 4) is 0 Å². The number of carbonyl (C=O) groups excluding carboxylic acids is 10. The van der Waals surface area contributed by atoms with E-state index >= 15 is 0 Å². The third-order valence-electron chi connectivity index (χ3n) is 15.7. The van der Waals surface area contributed by atoms with Gasteiger partial charge in [-0.3, -0.25) is 9.59 Å². The lowest BCUT2D eigenvalue weighted by atomic mass is 9.97. The number of carbonyl (C=O) groups is 10. The molecule has 8 aromatic rings. The smallest absolute Gasteiger partial charge is 0.338 e. The van der Waals surface area contributed by atoms with E-state index in [0.717, 1.165) is 13.8 Å². The highest BCUT2D eigenvalue weighted by Gasteiger charge is 2.54. The molecule has 540 valence electrons. The molecule has 0 spiro atoms. The molecule has 13 atom stereocenters. The van der Waals surface area contributed by atoms with Crippen LogP contribution in [0.25, 0.3) is 0 Å². The molecule has 0 saturated carbocycles. The Morgan fingerprint density at radius 2 is 0.596 bits per heavy atom. The predicted octanol–water partition coefficient (Wildman–Crippen LogP) is 8.45. The van der Waals surface area contributed by atoms with E-state index in [1.807, 2.05) is 0 Å². The summed E-state index contributed by atoms with van der Waals surface area (Å²) in [6.45, 7) is -0.488. The number of esters is 10. The molecule has 0 aromatic heterocycles. The minimum absolute atomic E-state index is 0.0301. The van der Waals surface area contributed by atoms with E-state index in [2.05, 4.69) is 0 Å². The van der Waals surface area contributed by atoms with Crippen LogP contribution in [0.4, 0.5) is 0 Å². The fourth-order valence-corrected chi connectivity index (χ4v) is 10.7. The Morgan fingerprint density at radius 1 is 0.337 bits per heavy atom. The molecule has 26 heteroatoms. The molecular weight excluding hydrogens is 1350 g/mol. The van der Waals surface area contributed by atoms with Gasteiger partial charge in [-0.1, -0.05) is 146 Å². The first kappa shape index (κ1) is 76.4. The van der Waals surface area contributed by atoms with Gasteiger partial charge in [0.1, 0.15) is 24.4 Å². The molecule has 13 unspecified atom stereocenters. The van der Waals surface area contributed by atoms with Gasteiger partial charge >= 0.3 is 59.7 Å². The number of hydrogen-bond donors (Lipinski definition) is 3. The van der Waals surface area contributed by atoms with Gasteiger partial charge in [0.15, 0.2) is 55.5 Å². The number of benzene rings is 8. The van der Waals surface area contributed by atoms with Crippen LogP contribution >= 0.6 is 0 Å². The average molecular weight is 1430 g/mol. The Labute approximate surface area is 595 Å². The fraction of sp³-hybridized carbons (Fsp3) is 0.256. The highest BCUT2D eigenvalue weighted by molar-refractivity contribution is 5.93. The topological polar surface area (TPSA) is 351 Å². The lowest BCUT2D eigenvalue weighted by Crippen LogP contribution is -2.64. The molecule has 1 heterocycles. The summed E-state index contributed by atoms with van der Waals surface area (Å²) >= 11 is 0. The van der Waals surface area contributed by atoms with Crippen molar-refractivity contribution in [2.24, 2.45) is 0 Å². The van der Waals surface area contributed by atoms with E-state index in [1.165, 1.54) is 170 Å². The monoisotopic (exact) mass is 1420 g/mol. The second-order valence-electron chi connectivity index (χ2n) is 23.1. The molecule has 8 aromatic carbocycles. The number of hydrogen-bond acceptors (Lipinski definition) is 26. The molecule has 0 aliphatic carbocycles. The number of ether oxygens (including phenoxy) is 13. The Bertz CT molecular complexity index is 4120. The molecule has 26 nitrogen and oxygen atoms in total. The lowest BCUT2D eigenvalue weighted by Gasteiger charge is -2.45. The summed E-state index contributed by atoms with van der Waals surface area (Å²) < 4.78 is 77.5. The minimum atomic E-state index is -2.76. The van der Waals surface area contributed by atoms with E-state index in [-0.39, 0.29) is 44.5 Å². The van der Waals surface area contributed by atoms with Gasteiger partial charge in [-0.05, 0) is 97.1 Å². The van der Waals surface area contributed by atoms with Crippen LogP contribution in [0.15, 0.2) is 243 Å². The van der Waals surface area contributed by atoms with Crippen molar-refractivity contribution in [3.05, 3.63) is 287 Å². The summed E-state index contributed by atoms with van der Waals surface area (Å²) in [6.07, 6.45) is -30.2. The molecule has 1 aliphatic rings. The molecule has 9 rings (SSSR count). The maximum absolute atomic E-state index is 14.5. The summed E-state index contributed by atoms with van der Waals surface area (Å²) in [7, 11) is 0. The number of rotatable bonds is 33. The van der Waals surface area contributed by atoms with Crippen LogP contribution in [0.3, 0.4) is 0 Å². The van der Waals surface area contributed by atoms with Gasteiger partial charge in [0, 0.05) is 26.7 Å². The standard InChI is InChI=1S/C78H72O26/c1-48(79)95-63-60(47-94-76(89)65(103-74(87)56-39-23-9-24-40-56)61(100-72(85)54-35-19-7-20-36-54)58(97-70(83)52-31-15-5-16-32-52)43-45-92-68(81)50-27-11-3-12-28-50)99-77(90)67(96-49(2)80)64(63)102-78(91)66(104-75(88)57-41-25-10-26-42-57)62(101-73(86)55-37-21-8-22-38-55)59(98-71(84)53-33-17-6-18-34-53)44-46-93-69(82)51-29-13-4-14-30-51/h3-42,58-67,76-78,89-91H,43-47H2,1-2H3. The third kappa shape index (κ3) is 21.9. The normalized spacial score (nSPS) is 17.7. The van der Waals surface area contributed by atoms with Crippen LogP contribution in [0.1, 0.15) is 110 Å². The zero-order valence-corrected chi connectivity index (χ0v) is 55.9. The van der Waals surface area contributed by atoms with E-state index in [9.17, 15) is 63.3 Å². The van der Waals surface area contributed by atoms with Gasteiger partial charge in [0.05, 0.1) is 64.3 Å². The van der Waals surface area contributed by atoms with Crippen LogP contribution in [-0.2, 0) is 71.2 Å². The molecule has 1 aliphatic heterocycles. The second kappa shape index (κ2) is 38.3. The second-order valence-corrected chi connectivity index (χ2v) is 23.1. The largest absolute Gasteiger partial charge is 0.462 e. The fourth-order valence-electron chi connectivity index (χ4n) is 10.7. The maximum Gasteiger partial charge on any atom is 0.338 e. The molecule has 1 fully saturated rings. The van der Waals surface area contributed by atoms with Crippen molar-refractivity contribution in [2.45, 2.75) is 107 Å². The maximum atomic E-state index is 14.5. The van der Waals surface area contributed by atoms with Gasteiger partial charge in [-0.25, -0.2) is 38.4 Å². The van der Waals surface area contributed by atoms with Crippen molar-refractivity contribution in [1.29, 1.82) is 0 Å². The first-order valence-electron chi connectivity index (χ1n) is 32.6. The van der Waals surface area contributed by atoms with Crippen LogP contribution in [0.2, 0.25) is 0 Å². The predicted molar refractivity (Wildman–Crippen MR) is 361 cm³/mol. The molecule has 3 N–H and O–H groups in total. The van der Waals surface area contributed by atoms with Crippen molar-refractivity contribution in [2.75, 3.05) is 19.8 Å². The van der Waals surface area contributed by atoms with Crippen molar-refractivity contribution in [3.63, 3.8) is 0 Å². The van der Waals surface area contributed by atoms with Crippen LogP contribution in [0.5, 0.6) is 0 Å². The van der Waals surface area contributed by atoms with Crippen molar-refractivity contribution < 1.29 is 125 Å². The highest BCUT2D eigenvalue weighted by atomic mass is 16.7. The van der Waals surface area contributed by atoms with Crippen molar-refractivity contribution in [1.82, 2.24) is 0 Å². The zero-order valence-electron chi connectivity index (χ0n) is 55.9. The van der Waals surface area contributed by atoms with Gasteiger partial charge < -0.3 is 76.9 Å². The summed E-state index contributed by atoms with van der Waals surface area (Å²) in [6, 6.07) is 59.3. The first-order chi connectivity index (χ1) is 50.3. The van der Waals surface area contributed by atoms with Crippen LogP contribution < -0.4 is 0 Å². The van der Waals surface area contributed by atoms with E-state index in [4.69, 9.17) is 61.6 Å². The molecule has 104 heavy (non-hydrogen) atoms. The Hall–Kier alpha value is -11.8. The van der Waals surface area contributed by atoms with E-state index in [1.54, 1.807) is 72.8 Å². The average Bonchev–Trinajstić information content (AvgIpc) is 0.778. The van der Waals surface area contributed by atoms with E-state index in [0.29, 0.717) is 0 Å². The van der Waals surface area contributed by atoms with Gasteiger partial charge in [-0.2, -0.15) is 0 Å². The van der Waals surface area contributed by atoms with E-state index < -0.39 is 172 Å². The minimum Gasteiger partial charge on any atom is -0.462 e. The highest BCUT2D eigenvalue weighted by Crippen LogP contribution is 2.33. The van der Waals surface area contributed by atoms with Crippen molar-refractivity contribution >= 4 is 59.7 Å². The summed E-state index contributed by atoms with van der Waals surface area (Å²) in [5.41, 5.74) is -0.364.